The van der Waals surface area contributed by atoms with E-state index < -0.39 is 5.97 Å². The summed E-state index contributed by atoms with van der Waals surface area (Å²) < 4.78 is 16.5. The lowest BCUT2D eigenvalue weighted by molar-refractivity contribution is -0.145. The predicted octanol–water partition coefficient (Wildman–Crippen LogP) is 4.64. The van der Waals surface area contributed by atoms with Crippen LogP contribution in [0.15, 0.2) is 51.8 Å². The van der Waals surface area contributed by atoms with Crippen LogP contribution in [-0.4, -0.2) is 42.3 Å². The van der Waals surface area contributed by atoms with Gasteiger partial charge in [0.25, 0.3) is 11.1 Å². The van der Waals surface area contributed by atoms with Crippen LogP contribution in [0, 0.1) is 0 Å². The highest BCUT2D eigenvalue weighted by Gasteiger charge is 2.35. The Kier molecular flexibility index (Phi) is 7.75. The number of halogens is 1. The molecule has 2 amide bonds. The van der Waals surface area contributed by atoms with E-state index in [1.165, 1.54) is 12.0 Å². The number of ether oxygens (including phenoxy) is 3. The summed E-state index contributed by atoms with van der Waals surface area (Å²) in [5.41, 5.74) is 1.52. The average Bonchev–Trinajstić information content (AvgIpc) is 3.01. The van der Waals surface area contributed by atoms with Gasteiger partial charge in [-0.15, -0.1) is 0 Å². The minimum absolute atomic E-state index is 0.208. The van der Waals surface area contributed by atoms with Gasteiger partial charge in [0.1, 0.15) is 0 Å². The number of nitrogens with zero attached hydrogens (tertiary/aromatic N) is 1. The Balaban J connectivity index is 1.73. The Labute approximate surface area is 192 Å². The molecule has 162 valence electrons. The van der Waals surface area contributed by atoms with E-state index in [2.05, 4.69) is 15.9 Å². The molecule has 3 rings (SSSR count). The lowest BCUT2D eigenvalue weighted by atomic mass is 10.1. The van der Waals surface area contributed by atoms with E-state index in [4.69, 9.17) is 14.2 Å². The van der Waals surface area contributed by atoms with Gasteiger partial charge >= 0.3 is 5.97 Å². The van der Waals surface area contributed by atoms with Crippen LogP contribution >= 0.6 is 27.7 Å². The maximum absolute atomic E-state index is 12.8. The van der Waals surface area contributed by atoms with Gasteiger partial charge in [0.2, 0.25) is 0 Å². The first-order valence-corrected chi connectivity index (χ1v) is 11.0. The molecule has 0 N–H and O–H groups in total. The second-order valence-corrected chi connectivity index (χ2v) is 8.31. The van der Waals surface area contributed by atoms with Crippen molar-refractivity contribution in [1.29, 1.82) is 0 Å². The van der Waals surface area contributed by atoms with E-state index in [-0.39, 0.29) is 30.9 Å². The fraction of sp³-hybridized carbons (Fsp3) is 0.227. The lowest BCUT2D eigenvalue weighted by Gasteiger charge is -2.12. The normalized spacial score (nSPS) is 14.8. The van der Waals surface area contributed by atoms with Gasteiger partial charge in [0, 0.05) is 4.47 Å². The van der Waals surface area contributed by atoms with Crippen LogP contribution in [0.5, 0.6) is 11.5 Å². The van der Waals surface area contributed by atoms with Crippen molar-refractivity contribution >= 4 is 50.9 Å². The van der Waals surface area contributed by atoms with Crippen LogP contribution in [0.1, 0.15) is 18.1 Å². The van der Waals surface area contributed by atoms with Crippen molar-refractivity contribution in [3.05, 3.63) is 63.0 Å². The Morgan fingerprint density at radius 3 is 2.55 bits per heavy atom. The summed E-state index contributed by atoms with van der Waals surface area (Å²) >= 11 is 4.26. The summed E-state index contributed by atoms with van der Waals surface area (Å²) in [6.07, 6.45) is 1.63. The summed E-state index contributed by atoms with van der Waals surface area (Å²) in [5.74, 6) is -0.0595. The molecule has 0 unspecified atom stereocenters. The average molecular weight is 506 g/mol. The first-order valence-electron chi connectivity index (χ1n) is 9.37. The molecule has 2 aromatic carbocycles. The highest BCUT2D eigenvalue weighted by atomic mass is 79.9. The van der Waals surface area contributed by atoms with Crippen molar-refractivity contribution in [3.8, 4) is 11.5 Å². The molecule has 31 heavy (non-hydrogen) atoms. The van der Waals surface area contributed by atoms with Crippen LogP contribution in [0.4, 0.5) is 4.79 Å². The SMILES string of the molecule is CCOC(=O)COc1ccc(/C=C2\SC(=O)N(Cc3ccc(Br)cc3)C2=O)cc1OC. The molecular weight excluding hydrogens is 486 g/mol. The molecule has 0 aliphatic carbocycles. The summed E-state index contributed by atoms with van der Waals surface area (Å²) in [7, 11) is 1.47. The number of carbonyl (C=O) groups excluding carboxylic acids is 3. The second kappa shape index (κ2) is 10.5. The molecule has 1 saturated heterocycles. The number of methoxy groups -OCH3 is 1. The van der Waals surface area contributed by atoms with Crippen molar-refractivity contribution in [1.82, 2.24) is 4.90 Å². The molecule has 0 radical (unpaired) electrons. The van der Waals surface area contributed by atoms with Gasteiger partial charge in [-0.3, -0.25) is 14.5 Å². The highest BCUT2D eigenvalue weighted by molar-refractivity contribution is 9.10. The number of carbonyl (C=O) groups is 3. The molecule has 1 aliphatic rings. The number of esters is 1. The summed E-state index contributed by atoms with van der Waals surface area (Å²) in [6, 6.07) is 12.5. The van der Waals surface area contributed by atoms with E-state index in [0.717, 1.165) is 21.8 Å². The van der Waals surface area contributed by atoms with Crippen LogP contribution in [0.25, 0.3) is 6.08 Å². The summed E-state index contributed by atoms with van der Waals surface area (Å²) in [6.45, 7) is 1.96. The van der Waals surface area contributed by atoms with Crippen molar-refractivity contribution < 1.29 is 28.6 Å². The predicted molar refractivity (Wildman–Crippen MR) is 121 cm³/mol. The van der Waals surface area contributed by atoms with Crippen LogP contribution in [0.2, 0.25) is 0 Å². The van der Waals surface area contributed by atoms with E-state index in [1.807, 2.05) is 24.3 Å². The van der Waals surface area contributed by atoms with Gasteiger partial charge in [0.05, 0.1) is 25.2 Å². The van der Waals surface area contributed by atoms with Crippen molar-refractivity contribution in [2.75, 3.05) is 20.3 Å². The molecule has 1 heterocycles. The van der Waals surface area contributed by atoms with Gasteiger partial charge in [-0.2, -0.15) is 0 Å². The molecule has 0 atom stereocenters. The van der Waals surface area contributed by atoms with Crippen molar-refractivity contribution in [2.24, 2.45) is 0 Å². The summed E-state index contributed by atoms with van der Waals surface area (Å²) in [4.78, 5) is 38.1. The number of hydrogen-bond donors (Lipinski definition) is 0. The monoisotopic (exact) mass is 505 g/mol. The number of imide groups is 1. The van der Waals surface area contributed by atoms with Gasteiger partial charge in [-0.05, 0) is 60.2 Å². The number of hydrogen-bond acceptors (Lipinski definition) is 7. The minimum Gasteiger partial charge on any atom is -0.493 e. The first-order chi connectivity index (χ1) is 14.9. The Morgan fingerprint density at radius 2 is 1.87 bits per heavy atom. The standard InChI is InChI=1S/C22H20BrNO6S/c1-3-29-20(25)13-30-17-9-6-15(10-18(17)28-2)11-19-21(26)24(22(27)31-19)12-14-4-7-16(23)8-5-14/h4-11H,3,12-13H2,1-2H3/b19-11-. The van der Waals surface area contributed by atoms with Gasteiger partial charge in [0.15, 0.2) is 18.1 Å². The lowest BCUT2D eigenvalue weighted by Crippen LogP contribution is -2.27. The van der Waals surface area contributed by atoms with Crippen LogP contribution in [0.3, 0.4) is 0 Å². The fourth-order valence-electron chi connectivity index (χ4n) is 2.79. The molecule has 2 aromatic rings. The number of benzene rings is 2. The van der Waals surface area contributed by atoms with E-state index in [1.54, 1.807) is 31.2 Å². The molecule has 0 bridgehead atoms. The molecule has 0 saturated carbocycles. The molecule has 1 fully saturated rings. The van der Waals surface area contributed by atoms with Crippen LogP contribution < -0.4 is 9.47 Å². The molecular formula is C22H20BrNO6S. The third kappa shape index (κ3) is 5.89. The number of amides is 2. The maximum atomic E-state index is 12.8. The highest BCUT2D eigenvalue weighted by Crippen LogP contribution is 2.35. The van der Waals surface area contributed by atoms with E-state index in [9.17, 15) is 14.4 Å². The van der Waals surface area contributed by atoms with E-state index in [0.29, 0.717) is 22.0 Å². The largest absolute Gasteiger partial charge is 0.493 e. The second-order valence-electron chi connectivity index (χ2n) is 6.40. The molecule has 9 heteroatoms. The third-order valence-electron chi connectivity index (χ3n) is 4.26. The topological polar surface area (TPSA) is 82.1 Å². The van der Waals surface area contributed by atoms with E-state index >= 15 is 0 Å². The Morgan fingerprint density at radius 1 is 1.13 bits per heavy atom. The van der Waals surface area contributed by atoms with Gasteiger partial charge in [-0.25, -0.2) is 4.79 Å². The number of rotatable bonds is 8. The zero-order valence-electron chi connectivity index (χ0n) is 16.9. The third-order valence-corrected chi connectivity index (χ3v) is 5.70. The summed E-state index contributed by atoms with van der Waals surface area (Å²) in [5, 5.41) is -0.319. The van der Waals surface area contributed by atoms with Crippen LogP contribution in [-0.2, 0) is 20.9 Å². The van der Waals surface area contributed by atoms with Crippen molar-refractivity contribution in [2.45, 2.75) is 13.5 Å². The zero-order valence-corrected chi connectivity index (χ0v) is 19.3. The Hall–Kier alpha value is -2.78. The molecule has 0 spiro atoms. The number of thioether (sulfide) groups is 1. The fourth-order valence-corrected chi connectivity index (χ4v) is 3.90. The quantitative estimate of drug-likeness (QED) is 0.381. The minimum atomic E-state index is -0.479. The maximum Gasteiger partial charge on any atom is 0.344 e. The smallest absolute Gasteiger partial charge is 0.344 e. The van der Waals surface area contributed by atoms with Gasteiger partial charge < -0.3 is 14.2 Å². The zero-order chi connectivity index (χ0) is 22.4. The molecule has 7 nitrogen and oxygen atoms in total. The first kappa shape index (κ1) is 22.9. The Bertz CT molecular complexity index is 1020. The molecule has 1 aliphatic heterocycles. The van der Waals surface area contributed by atoms with Crippen molar-refractivity contribution in [3.63, 3.8) is 0 Å². The molecule has 0 aromatic heterocycles. The van der Waals surface area contributed by atoms with Gasteiger partial charge in [-0.1, -0.05) is 34.1 Å².